The molecular weight excluding hydrogens is 322 g/mol. The average molecular weight is 341 g/mol. The van der Waals surface area contributed by atoms with Crippen molar-refractivity contribution in [1.82, 2.24) is 5.43 Å². The van der Waals surface area contributed by atoms with Crippen LogP contribution in [0.1, 0.15) is 21.5 Å². The van der Waals surface area contributed by atoms with Crippen LogP contribution in [0, 0.1) is 6.92 Å². The van der Waals surface area contributed by atoms with Gasteiger partial charge in [0.15, 0.2) is 18.1 Å². The summed E-state index contributed by atoms with van der Waals surface area (Å²) >= 11 is 0. The van der Waals surface area contributed by atoms with E-state index in [1.807, 2.05) is 19.1 Å². The van der Waals surface area contributed by atoms with Crippen LogP contribution in [0.3, 0.4) is 0 Å². The lowest BCUT2D eigenvalue weighted by molar-refractivity contribution is -0.119. The molecule has 0 bridgehead atoms. The highest BCUT2D eigenvalue weighted by molar-refractivity contribution is 5.96. The Balaban J connectivity index is 2.04. The van der Waals surface area contributed by atoms with Crippen LogP contribution in [0.5, 0.6) is 11.5 Å². The van der Waals surface area contributed by atoms with Gasteiger partial charge in [-0.3, -0.25) is 9.59 Å². The van der Waals surface area contributed by atoms with Gasteiger partial charge in [0, 0.05) is 5.56 Å². The number of benzene rings is 2. The maximum absolute atomic E-state index is 12.1. The van der Waals surface area contributed by atoms with Crippen LogP contribution in [-0.2, 0) is 4.79 Å². The van der Waals surface area contributed by atoms with Crippen molar-refractivity contribution in [1.29, 1.82) is 0 Å². The number of nitrogens with two attached hydrogens (primary N) is 1. The molecule has 0 fully saturated rings. The number of carbonyl (C=O) groups is 2. The summed E-state index contributed by atoms with van der Waals surface area (Å²) < 4.78 is 10.4. The first-order chi connectivity index (χ1) is 12.0. The fourth-order valence-corrected chi connectivity index (χ4v) is 2.09. The Kier molecular flexibility index (Phi) is 6.11. The van der Waals surface area contributed by atoms with Gasteiger partial charge >= 0.3 is 0 Å². The highest BCUT2D eigenvalue weighted by Crippen LogP contribution is 2.27. The van der Waals surface area contributed by atoms with Gasteiger partial charge in [-0.2, -0.15) is 5.10 Å². The largest absolute Gasteiger partial charge is 0.493 e. The van der Waals surface area contributed by atoms with Crippen LogP contribution < -0.4 is 20.6 Å². The van der Waals surface area contributed by atoms with Gasteiger partial charge in [0.1, 0.15) is 0 Å². The van der Waals surface area contributed by atoms with Crippen molar-refractivity contribution >= 4 is 18.0 Å². The van der Waals surface area contributed by atoms with Crippen molar-refractivity contribution in [3.8, 4) is 11.5 Å². The summed E-state index contributed by atoms with van der Waals surface area (Å²) in [6.45, 7) is 1.62. The third-order valence-corrected chi connectivity index (χ3v) is 3.33. The Morgan fingerprint density at radius 3 is 2.64 bits per heavy atom. The van der Waals surface area contributed by atoms with Crippen LogP contribution in [0.25, 0.3) is 0 Å². The maximum atomic E-state index is 12.1. The smallest absolute Gasteiger partial charge is 0.271 e. The van der Waals surface area contributed by atoms with E-state index in [4.69, 9.17) is 15.2 Å². The second-order valence-corrected chi connectivity index (χ2v) is 5.18. The van der Waals surface area contributed by atoms with E-state index in [0.717, 1.165) is 5.56 Å². The molecule has 0 heterocycles. The Morgan fingerprint density at radius 2 is 1.96 bits per heavy atom. The third kappa shape index (κ3) is 5.07. The summed E-state index contributed by atoms with van der Waals surface area (Å²) in [5, 5.41) is 3.94. The number of primary amides is 1. The molecule has 2 aromatic carbocycles. The van der Waals surface area contributed by atoms with Crippen molar-refractivity contribution < 1.29 is 19.1 Å². The summed E-state index contributed by atoms with van der Waals surface area (Å²) in [5.41, 5.74) is 9.64. The number of carbonyl (C=O) groups excluding carboxylic acids is 2. The topological polar surface area (TPSA) is 103 Å². The first kappa shape index (κ1) is 18.0. The molecule has 7 nitrogen and oxygen atoms in total. The molecule has 25 heavy (non-hydrogen) atoms. The Bertz CT molecular complexity index is 803. The van der Waals surface area contributed by atoms with Gasteiger partial charge < -0.3 is 15.2 Å². The van der Waals surface area contributed by atoms with E-state index in [2.05, 4.69) is 10.5 Å². The average Bonchev–Trinajstić information content (AvgIpc) is 2.60. The second kappa shape index (κ2) is 8.49. The van der Waals surface area contributed by atoms with Gasteiger partial charge in [-0.25, -0.2) is 5.43 Å². The molecule has 0 saturated carbocycles. The molecule has 0 radical (unpaired) electrons. The van der Waals surface area contributed by atoms with Crippen molar-refractivity contribution in [2.75, 3.05) is 13.7 Å². The zero-order valence-electron chi connectivity index (χ0n) is 14.0. The second-order valence-electron chi connectivity index (χ2n) is 5.18. The van der Waals surface area contributed by atoms with Crippen LogP contribution in [0.2, 0.25) is 0 Å². The van der Waals surface area contributed by atoms with Gasteiger partial charge in [-0.05, 0) is 42.3 Å². The van der Waals surface area contributed by atoms with Crippen molar-refractivity contribution in [2.45, 2.75) is 6.92 Å². The predicted molar refractivity (Wildman–Crippen MR) is 93.9 cm³/mol. The fraction of sp³-hybridized carbons (Fsp3) is 0.167. The minimum absolute atomic E-state index is 0.240. The van der Waals surface area contributed by atoms with Gasteiger partial charge in [0.05, 0.1) is 13.3 Å². The van der Waals surface area contributed by atoms with Crippen molar-refractivity contribution in [3.63, 3.8) is 0 Å². The number of aryl methyl sites for hydroxylation is 1. The fourth-order valence-electron chi connectivity index (χ4n) is 2.09. The quantitative estimate of drug-likeness (QED) is 0.590. The molecule has 130 valence electrons. The van der Waals surface area contributed by atoms with Crippen molar-refractivity contribution in [3.05, 3.63) is 59.2 Å². The number of nitrogens with one attached hydrogen (secondary N) is 1. The molecule has 0 aliphatic carbocycles. The molecule has 0 aliphatic rings. The lowest BCUT2D eigenvalue weighted by Crippen LogP contribution is -2.20. The summed E-state index contributed by atoms with van der Waals surface area (Å²) in [7, 11) is 1.48. The van der Waals surface area contributed by atoms with Crippen LogP contribution in [-0.4, -0.2) is 31.7 Å². The van der Waals surface area contributed by atoms with E-state index in [0.29, 0.717) is 22.6 Å². The minimum Gasteiger partial charge on any atom is -0.493 e. The van der Waals surface area contributed by atoms with Crippen LogP contribution >= 0.6 is 0 Å². The predicted octanol–water partition coefficient (Wildman–Crippen LogP) is 1.63. The number of nitrogens with zero attached hydrogens (tertiary/aromatic N) is 1. The van der Waals surface area contributed by atoms with Crippen LogP contribution in [0.15, 0.2) is 47.6 Å². The summed E-state index contributed by atoms with van der Waals surface area (Å²) in [6, 6.07) is 12.3. The molecule has 3 N–H and O–H groups in total. The first-order valence-corrected chi connectivity index (χ1v) is 7.49. The third-order valence-electron chi connectivity index (χ3n) is 3.33. The molecule has 2 amide bonds. The first-order valence-electron chi connectivity index (χ1n) is 7.49. The molecule has 0 saturated heterocycles. The van der Waals surface area contributed by atoms with Crippen molar-refractivity contribution in [2.24, 2.45) is 10.8 Å². The molecule has 0 aliphatic heterocycles. The summed E-state index contributed by atoms with van der Waals surface area (Å²) in [4.78, 5) is 22.8. The number of ether oxygens (including phenoxy) is 2. The van der Waals surface area contributed by atoms with Gasteiger partial charge in [0.2, 0.25) is 0 Å². The molecule has 0 spiro atoms. The highest BCUT2D eigenvalue weighted by atomic mass is 16.5. The standard InChI is InChI=1S/C18H19N3O4/c1-12-5-3-4-6-14(12)18(23)21-20-10-13-7-8-15(16(9-13)24-2)25-11-17(19)22/h3-10H,11H2,1-2H3,(H2,19,22)(H,21,23)/b20-10-. The van der Waals surface area contributed by atoms with E-state index < -0.39 is 5.91 Å². The molecule has 7 heteroatoms. The van der Waals surface area contributed by atoms with E-state index in [9.17, 15) is 9.59 Å². The van der Waals surface area contributed by atoms with Gasteiger partial charge in [-0.1, -0.05) is 18.2 Å². The number of rotatable bonds is 7. The van der Waals surface area contributed by atoms with E-state index >= 15 is 0 Å². The monoisotopic (exact) mass is 341 g/mol. The normalized spacial score (nSPS) is 10.5. The lowest BCUT2D eigenvalue weighted by atomic mass is 10.1. The Morgan fingerprint density at radius 1 is 1.20 bits per heavy atom. The maximum Gasteiger partial charge on any atom is 0.271 e. The SMILES string of the molecule is COc1cc(/C=N\NC(=O)c2ccccc2C)ccc1OCC(N)=O. The Labute approximate surface area is 145 Å². The number of amides is 2. The number of hydrogen-bond donors (Lipinski definition) is 2. The number of hydrazone groups is 1. The molecule has 2 aromatic rings. The molecule has 2 rings (SSSR count). The molecule has 0 unspecified atom stereocenters. The summed E-state index contributed by atoms with van der Waals surface area (Å²) in [6.07, 6.45) is 1.48. The van der Waals surface area contributed by atoms with Gasteiger partial charge in [0.25, 0.3) is 11.8 Å². The molecular formula is C18H19N3O4. The zero-order chi connectivity index (χ0) is 18.2. The molecule has 0 atom stereocenters. The number of hydrogen-bond acceptors (Lipinski definition) is 5. The van der Waals surface area contributed by atoms with E-state index in [1.54, 1.807) is 30.3 Å². The van der Waals surface area contributed by atoms with Gasteiger partial charge in [-0.15, -0.1) is 0 Å². The number of methoxy groups -OCH3 is 1. The lowest BCUT2D eigenvalue weighted by Gasteiger charge is -2.09. The van der Waals surface area contributed by atoms with Crippen LogP contribution in [0.4, 0.5) is 0 Å². The Hall–Kier alpha value is -3.35. The molecule has 0 aromatic heterocycles. The van der Waals surface area contributed by atoms with E-state index in [-0.39, 0.29) is 12.5 Å². The highest BCUT2D eigenvalue weighted by Gasteiger charge is 2.08. The zero-order valence-corrected chi connectivity index (χ0v) is 14.0. The summed E-state index contributed by atoms with van der Waals surface area (Å²) in [5.74, 6) is -0.0489. The van der Waals surface area contributed by atoms with E-state index in [1.165, 1.54) is 13.3 Å². The minimum atomic E-state index is -0.577.